The van der Waals surface area contributed by atoms with E-state index in [1.807, 2.05) is 4.40 Å². The number of halogens is 3. The molecule has 1 saturated heterocycles. The highest BCUT2D eigenvalue weighted by Crippen LogP contribution is 2.36. The van der Waals surface area contributed by atoms with Gasteiger partial charge in [-0.1, -0.05) is 18.7 Å². The molecule has 2 aromatic carbocycles. The molecule has 5 rings (SSSR count). The van der Waals surface area contributed by atoms with Crippen LogP contribution in [0.3, 0.4) is 0 Å². The molecule has 9 nitrogen and oxygen atoms in total. The number of alkyl halides is 3. The van der Waals surface area contributed by atoms with Gasteiger partial charge in [0, 0.05) is 35.8 Å². The first-order chi connectivity index (χ1) is 19.1. The molecule has 0 unspecified atom stereocenters. The third-order valence-corrected chi connectivity index (χ3v) is 6.53. The fourth-order valence-corrected chi connectivity index (χ4v) is 4.75. The summed E-state index contributed by atoms with van der Waals surface area (Å²) in [7, 11) is 0. The first-order valence-electron chi connectivity index (χ1n) is 12.4. The van der Waals surface area contributed by atoms with Gasteiger partial charge in [0.15, 0.2) is 6.61 Å². The lowest BCUT2D eigenvalue weighted by Crippen LogP contribution is -2.29. The van der Waals surface area contributed by atoms with Crippen molar-refractivity contribution in [2.45, 2.75) is 25.1 Å². The Morgan fingerprint density at radius 3 is 2.70 bits per heavy atom. The molecule has 206 valence electrons. The molecule has 0 bridgehead atoms. The molecule has 0 saturated carbocycles. The molecule has 1 atom stereocenters. The van der Waals surface area contributed by atoms with Crippen LogP contribution in [0.15, 0.2) is 73.6 Å². The molecule has 4 aromatic rings. The average molecular weight is 551 g/mol. The van der Waals surface area contributed by atoms with E-state index in [-0.39, 0.29) is 23.5 Å². The number of nitrogens with one attached hydrogen (secondary N) is 1. The molecule has 40 heavy (non-hydrogen) atoms. The fourth-order valence-electron chi connectivity index (χ4n) is 4.75. The topological polar surface area (TPSA) is 115 Å². The zero-order valence-electron chi connectivity index (χ0n) is 21.2. The zero-order valence-corrected chi connectivity index (χ0v) is 21.2. The van der Waals surface area contributed by atoms with E-state index in [0.717, 1.165) is 12.8 Å². The molecule has 1 aliphatic rings. The Balaban J connectivity index is 1.42. The van der Waals surface area contributed by atoms with Crippen molar-refractivity contribution in [1.29, 1.82) is 0 Å². The minimum Gasteiger partial charge on any atom is -0.484 e. The van der Waals surface area contributed by atoms with E-state index in [2.05, 4.69) is 16.9 Å². The van der Waals surface area contributed by atoms with Gasteiger partial charge in [-0.2, -0.15) is 13.2 Å². The molecule has 0 spiro atoms. The lowest BCUT2D eigenvalue weighted by molar-refractivity contribution is -0.153. The summed E-state index contributed by atoms with van der Waals surface area (Å²) in [6.07, 6.45) is 1.69. The third-order valence-electron chi connectivity index (χ3n) is 6.53. The summed E-state index contributed by atoms with van der Waals surface area (Å²) in [5.41, 5.74) is 8.66. The smallest absolute Gasteiger partial charge is 0.422 e. The van der Waals surface area contributed by atoms with Crippen molar-refractivity contribution in [2.75, 3.05) is 24.2 Å². The van der Waals surface area contributed by atoms with Gasteiger partial charge in [-0.3, -0.25) is 14.0 Å². The summed E-state index contributed by atoms with van der Waals surface area (Å²) in [6, 6.07) is 12.1. The number of anilines is 2. The highest BCUT2D eigenvalue weighted by molar-refractivity contribution is 6.05. The quantitative estimate of drug-likeness (QED) is 0.312. The second kappa shape index (κ2) is 10.7. The van der Waals surface area contributed by atoms with Gasteiger partial charge in [0.1, 0.15) is 28.6 Å². The summed E-state index contributed by atoms with van der Waals surface area (Å²) < 4.78 is 43.6. The van der Waals surface area contributed by atoms with Crippen LogP contribution in [0.5, 0.6) is 5.75 Å². The predicted octanol–water partition coefficient (Wildman–Crippen LogP) is 5.02. The van der Waals surface area contributed by atoms with Gasteiger partial charge in [0.2, 0.25) is 5.91 Å². The van der Waals surface area contributed by atoms with Crippen molar-refractivity contribution in [3.63, 3.8) is 0 Å². The van der Waals surface area contributed by atoms with Crippen LogP contribution >= 0.6 is 0 Å². The first-order valence-corrected chi connectivity index (χ1v) is 12.4. The fraction of sp³-hybridized carbons (Fsp3) is 0.214. The molecule has 1 aliphatic heterocycles. The number of fused-ring (bicyclic) bond motifs is 1. The van der Waals surface area contributed by atoms with Crippen LogP contribution in [0.4, 0.5) is 24.7 Å². The van der Waals surface area contributed by atoms with Gasteiger partial charge < -0.3 is 20.7 Å². The SMILES string of the molecule is C=CC(=O)N1CCC[C@H]1c1nc(-c2cccc(C(=O)Nc3ccc(OCC(F)(F)F)cc3)c2)c2c(N)nccn12. The van der Waals surface area contributed by atoms with Crippen LogP contribution in [0.2, 0.25) is 0 Å². The van der Waals surface area contributed by atoms with Gasteiger partial charge in [-0.05, 0) is 55.3 Å². The second-order valence-corrected chi connectivity index (χ2v) is 9.21. The number of nitrogen functional groups attached to an aromatic ring is 1. The molecule has 2 amide bonds. The van der Waals surface area contributed by atoms with Gasteiger partial charge in [0.25, 0.3) is 5.91 Å². The summed E-state index contributed by atoms with van der Waals surface area (Å²) in [5, 5.41) is 2.73. The van der Waals surface area contributed by atoms with Crippen molar-refractivity contribution >= 4 is 28.8 Å². The Bertz CT molecular complexity index is 1580. The Morgan fingerprint density at radius 1 is 1.20 bits per heavy atom. The lowest BCUT2D eigenvalue weighted by Gasteiger charge is -2.22. The van der Waals surface area contributed by atoms with E-state index in [1.165, 1.54) is 30.3 Å². The Labute approximate surface area is 227 Å². The maximum absolute atomic E-state index is 13.0. The summed E-state index contributed by atoms with van der Waals surface area (Å²) in [4.78, 5) is 36.3. The maximum atomic E-state index is 13.0. The first kappa shape index (κ1) is 26.7. The number of rotatable bonds is 7. The number of amides is 2. The molecule has 3 heterocycles. The number of imidazole rings is 1. The number of nitrogens with two attached hydrogens (primary N) is 1. The molecular weight excluding hydrogens is 525 g/mol. The number of carbonyl (C=O) groups excluding carboxylic acids is 2. The van der Waals surface area contributed by atoms with Crippen molar-refractivity contribution in [2.24, 2.45) is 0 Å². The lowest BCUT2D eigenvalue weighted by atomic mass is 10.1. The summed E-state index contributed by atoms with van der Waals surface area (Å²) >= 11 is 0. The highest BCUT2D eigenvalue weighted by Gasteiger charge is 2.33. The predicted molar refractivity (Wildman–Crippen MR) is 143 cm³/mol. The van der Waals surface area contributed by atoms with Crippen molar-refractivity contribution in [3.05, 3.63) is 85.0 Å². The molecule has 1 fully saturated rings. The van der Waals surface area contributed by atoms with E-state index >= 15 is 0 Å². The average Bonchev–Trinajstić information content (AvgIpc) is 3.58. The number of nitrogens with zero attached hydrogens (tertiary/aromatic N) is 4. The van der Waals surface area contributed by atoms with Crippen molar-refractivity contribution in [1.82, 2.24) is 19.3 Å². The Morgan fingerprint density at radius 2 is 1.98 bits per heavy atom. The largest absolute Gasteiger partial charge is 0.484 e. The Hall–Kier alpha value is -4.87. The third kappa shape index (κ3) is 5.46. The monoisotopic (exact) mass is 550 g/mol. The van der Waals surface area contributed by atoms with Crippen LogP contribution in [-0.4, -0.2) is 50.4 Å². The van der Waals surface area contributed by atoms with E-state index in [4.69, 9.17) is 15.5 Å². The normalized spacial score (nSPS) is 15.3. The number of benzene rings is 2. The van der Waals surface area contributed by atoms with Gasteiger partial charge in [0.05, 0.1) is 6.04 Å². The number of hydrogen-bond donors (Lipinski definition) is 2. The molecule has 3 N–H and O–H groups in total. The van der Waals surface area contributed by atoms with Crippen LogP contribution in [0.25, 0.3) is 16.8 Å². The molecule has 0 aliphatic carbocycles. The standard InChI is InChI=1S/C28H25F3N6O3/c1-2-22(38)36-13-4-7-21(36)26-35-23(24-25(32)33-12-14-37(24)26)17-5-3-6-18(15-17)27(39)34-19-8-10-20(11-9-19)40-16-28(29,30)31/h2-3,5-6,8-12,14-15,21H,1,4,7,13,16H2,(H2,32,33)(H,34,39)/t21-/m0/s1. The molecule has 2 aromatic heterocycles. The number of hydrogen-bond acceptors (Lipinski definition) is 6. The van der Waals surface area contributed by atoms with Crippen LogP contribution < -0.4 is 15.8 Å². The van der Waals surface area contributed by atoms with Crippen LogP contribution in [0.1, 0.15) is 35.1 Å². The second-order valence-electron chi connectivity index (χ2n) is 9.21. The minimum atomic E-state index is -4.45. The summed E-state index contributed by atoms with van der Waals surface area (Å²) in [5.74, 6) is 0.301. The maximum Gasteiger partial charge on any atom is 0.422 e. The number of aromatic nitrogens is 3. The van der Waals surface area contributed by atoms with Crippen molar-refractivity contribution in [3.8, 4) is 17.0 Å². The van der Waals surface area contributed by atoms with E-state index in [9.17, 15) is 22.8 Å². The highest BCUT2D eigenvalue weighted by atomic mass is 19.4. The van der Waals surface area contributed by atoms with Gasteiger partial charge in [-0.15, -0.1) is 0 Å². The summed E-state index contributed by atoms with van der Waals surface area (Å²) in [6.45, 7) is 2.79. The number of likely N-dealkylation sites (tertiary alicyclic amines) is 1. The van der Waals surface area contributed by atoms with Gasteiger partial charge >= 0.3 is 6.18 Å². The van der Waals surface area contributed by atoms with Crippen molar-refractivity contribution < 1.29 is 27.5 Å². The van der Waals surface area contributed by atoms with Crippen LogP contribution in [0, 0.1) is 0 Å². The molecule has 12 heteroatoms. The van der Waals surface area contributed by atoms with Gasteiger partial charge in [-0.25, -0.2) is 9.97 Å². The Kier molecular flexibility index (Phi) is 7.16. The number of ether oxygens (including phenoxy) is 1. The van der Waals surface area contributed by atoms with E-state index in [1.54, 1.807) is 41.6 Å². The van der Waals surface area contributed by atoms with E-state index in [0.29, 0.717) is 40.4 Å². The molecule has 0 radical (unpaired) electrons. The minimum absolute atomic E-state index is 0.0293. The van der Waals surface area contributed by atoms with E-state index < -0.39 is 18.7 Å². The molecular formula is C28H25F3N6O3. The zero-order chi connectivity index (χ0) is 28.4. The van der Waals surface area contributed by atoms with Crippen LogP contribution in [-0.2, 0) is 4.79 Å². The number of carbonyl (C=O) groups is 2.